The van der Waals surface area contributed by atoms with Crippen LogP contribution < -0.4 is 10.3 Å². The van der Waals surface area contributed by atoms with Crippen molar-refractivity contribution in [2.24, 2.45) is 0 Å². The molecule has 2 heterocycles. The van der Waals surface area contributed by atoms with Gasteiger partial charge in [-0.15, -0.1) is 0 Å². The Morgan fingerprint density at radius 2 is 1.86 bits per heavy atom. The lowest BCUT2D eigenvalue weighted by molar-refractivity contribution is 0.233. The molecule has 7 heteroatoms. The molecule has 1 aliphatic heterocycles. The molecule has 5 rings (SSSR count). The number of hydrogen-bond acceptors (Lipinski definition) is 4. The van der Waals surface area contributed by atoms with E-state index in [1.165, 1.54) is 19.3 Å². The van der Waals surface area contributed by atoms with Gasteiger partial charge in [-0.2, -0.15) is 0 Å². The molecule has 0 saturated carbocycles. The molecular formula is C21H23N3O3S. The van der Waals surface area contributed by atoms with Crippen LogP contribution in [0.4, 0.5) is 0 Å². The van der Waals surface area contributed by atoms with Crippen LogP contribution in [0.3, 0.4) is 0 Å². The zero-order valence-electron chi connectivity index (χ0n) is 15.6. The minimum atomic E-state index is -3.61. The third-order valence-electron chi connectivity index (χ3n) is 5.99. The molecule has 0 radical (unpaired) electrons. The molecule has 1 aliphatic carbocycles. The number of rotatable bonds is 5. The van der Waals surface area contributed by atoms with E-state index in [0.29, 0.717) is 28.8 Å². The average Bonchev–Trinajstić information content (AvgIpc) is 3.08. The van der Waals surface area contributed by atoms with Crippen LogP contribution in [-0.2, 0) is 16.4 Å². The van der Waals surface area contributed by atoms with Gasteiger partial charge in [0.1, 0.15) is 0 Å². The Balaban J connectivity index is 1.50. The Labute approximate surface area is 163 Å². The second-order valence-corrected chi connectivity index (χ2v) is 9.47. The Morgan fingerprint density at radius 3 is 2.68 bits per heavy atom. The summed E-state index contributed by atoms with van der Waals surface area (Å²) in [6.45, 7) is 3.24. The average molecular weight is 398 g/mol. The summed E-state index contributed by atoms with van der Waals surface area (Å²) >= 11 is 0. The maximum Gasteiger partial charge on any atom is 0.256 e. The molecule has 0 spiro atoms. The number of nitrogens with zero attached hydrogens (tertiary/aromatic N) is 1. The van der Waals surface area contributed by atoms with Gasteiger partial charge in [0, 0.05) is 41.2 Å². The number of pyridine rings is 1. The van der Waals surface area contributed by atoms with E-state index in [1.54, 1.807) is 18.2 Å². The predicted molar refractivity (Wildman–Crippen MR) is 110 cm³/mol. The monoisotopic (exact) mass is 397 g/mol. The third kappa shape index (κ3) is 2.85. The molecule has 0 unspecified atom stereocenters. The first-order chi connectivity index (χ1) is 13.5. The molecular weight excluding hydrogens is 374 g/mol. The van der Waals surface area contributed by atoms with Crippen LogP contribution >= 0.6 is 0 Å². The Morgan fingerprint density at radius 1 is 1.04 bits per heavy atom. The molecule has 1 aromatic heterocycles. The second-order valence-electron chi connectivity index (χ2n) is 7.74. The van der Waals surface area contributed by atoms with Crippen LogP contribution in [-0.4, -0.2) is 44.5 Å². The first kappa shape index (κ1) is 17.8. The highest BCUT2D eigenvalue weighted by atomic mass is 32.2. The smallest absolute Gasteiger partial charge is 0.256 e. The highest BCUT2D eigenvalue weighted by Gasteiger charge is 2.27. The van der Waals surface area contributed by atoms with Crippen molar-refractivity contribution in [1.29, 1.82) is 0 Å². The summed E-state index contributed by atoms with van der Waals surface area (Å²) < 4.78 is 28.9. The molecule has 6 nitrogen and oxygen atoms in total. The van der Waals surface area contributed by atoms with E-state index < -0.39 is 10.0 Å². The van der Waals surface area contributed by atoms with Crippen LogP contribution in [0.15, 0.2) is 40.0 Å². The van der Waals surface area contributed by atoms with Gasteiger partial charge < -0.3 is 9.88 Å². The lowest BCUT2D eigenvalue weighted by Crippen LogP contribution is -2.37. The summed E-state index contributed by atoms with van der Waals surface area (Å²) in [6.07, 6.45) is 4.17. The number of piperidine rings is 1. The molecule has 146 valence electrons. The summed E-state index contributed by atoms with van der Waals surface area (Å²) in [5, 5.41) is 2.38. The first-order valence-corrected chi connectivity index (χ1v) is 11.3. The van der Waals surface area contributed by atoms with E-state index in [2.05, 4.69) is 14.6 Å². The fraction of sp³-hybridized carbons (Fsp3) is 0.381. The van der Waals surface area contributed by atoms with Gasteiger partial charge in [0.15, 0.2) is 0 Å². The minimum absolute atomic E-state index is 0.132. The molecule has 28 heavy (non-hydrogen) atoms. The van der Waals surface area contributed by atoms with Gasteiger partial charge in [0.05, 0.1) is 4.90 Å². The zero-order chi connectivity index (χ0) is 19.3. The third-order valence-corrected chi connectivity index (χ3v) is 7.53. The molecule has 3 aromatic rings. The number of aromatic nitrogens is 1. The summed E-state index contributed by atoms with van der Waals surface area (Å²) in [6, 6.07) is 8.96. The highest BCUT2D eigenvalue weighted by Crippen LogP contribution is 2.38. The lowest BCUT2D eigenvalue weighted by atomic mass is 10.1. The van der Waals surface area contributed by atoms with Crippen molar-refractivity contribution in [1.82, 2.24) is 14.6 Å². The van der Waals surface area contributed by atoms with E-state index in [4.69, 9.17) is 0 Å². The molecule has 1 saturated heterocycles. The number of benzene rings is 2. The highest BCUT2D eigenvalue weighted by molar-refractivity contribution is 7.89. The van der Waals surface area contributed by atoms with Crippen LogP contribution in [0, 0.1) is 0 Å². The summed E-state index contributed by atoms with van der Waals surface area (Å²) in [7, 11) is -3.61. The maximum absolute atomic E-state index is 13.0. The number of H-pyrrole nitrogens is 1. The van der Waals surface area contributed by atoms with E-state index >= 15 is 0 Å². The van der Waals surface area contributed by atoms with Gasteiger partial charge in [-0.1, -0.05) is 18.6 Å². The van der Waals surface area contributed by atoms with Crippen molar-refractivity contribution in [2.45, 2.75) is 30.6 Å². The SMILES string of the molecule is O=c1[nH]c2ccc(S(=O)(=O)NCCN3CCCCC3)c3c2c2c(cccc12)C3. The van der Waals surface area contributed by atoms with E-state index in [-0.39, 0.29) is 5.56 Å². The van der Waals surface area contributed by atoms with Crippen LogP contribution in [0.2, 0.25) is 0 Å². The van der Waals surface area contributed by atoms with Gasteiger partial charge in [-0.05, 0) is 55.3 Å². The Hall–Kier alpha value is -2.22. The molecule has 2 aromatic carbocycles. The maximum atomic E-state index is 13.0. The Bertz CT molecular complexity index is 1240. The summed E-state index contributed by atoms with van der Waals surface area (Å²) in [5.74, 6) is 0. The molecule has 0 atom stereocenters. The fourth-order valence-corrected chi connectivity index (χ4v) is 5.92. The lowest BCUT2D eigenvalue weighted by Gasteiger charge is -2.26. The van der Waals surface area contributed by atoms with Crippen LogP contribution in [0.5, 0.6) is 0 Å². The van der Waals surface area contributed by atoms with E-state index in [0.717, 1.165) is 41.5 Å². The predicted octanol–water partition coefficient (Wildman–Crippen LogP) is 2.35. The van der Waals surface area contributed by atoms with Crippen LogP contribution in [0.1, 0.15) is 30.4 Å². The van der Waals surface area contributed by atoms with Crippen LogP contribution in [0.25, 0.3) is 21.7 Å². The first-order valence-electron chi connectivity index (χ1n) is 9.86. The molecule has 2 N–H and O–H groups in total. The molecule has 0 bridgehead atoms. The van der Waals surface area contributed by atoms with Gasteiger partial charge in [-0.3, -0.25) is 4.79 Å². The Kier molecular flexibility index (Phi) is 4.26. The van der Waals surface area contributed by atoms with Crippen molar-refractivity contribution in [3.05, 3.63) is 51.8 Å². The van der Waals surface area contributed by atoms with Gasteiger partial charge in [0.25, 0.3) is 5.56 Å². The fourth-order valence-electron chi connectivity index (χ4n) is 4.66. The van der Waals surface area contributed by atoms with Gasteiger partial charge in [-0.25, -0.2) is 13.1 Å². The number of hydrogen-bond donors (Lipinski definition) is 2. The number of likely N-dealkylation sites (tertiary alicyclic amines) is 1. The molecule has 2 aliphatic rings. The molecule has 1 fully saturated rings. The number of aromatic amines is 1. The normalized spacial score (nSPS) is 17.1. The summed E-state index contributed by atoms with van der Waals surface area (Å²) in [5.41, 5.74) is 2.36. The van der Waals surface area contributed by atoms with Gasteiger partial charge in [0.2, 0.25) is 10.0 Å². The minimum Gasteiger partial charge on any atom is -0.321 e. The van der Waals surface area contributed by atoms with Crippen molar-refractivity contribution in [3.63, 3.8) is 0 Å². The van der Waals surface area contributed by atoms with Gasteiger partial charge >= 0.3 is 0 Å². The van der Waals surface area contributed by atoms with Crippen molar-refractivity contribution in [3.8, 4) is 0 Å². The standard InChI is InChI=1S/C21H23N3O3S/c25-21-15-6-4-5-14-13-16-18(8-7-17(23-21)20(16)19(14)15)28(26,27)22-9-12-24-10-2-1-3-11-24/h4-8,22H,1-3,9-13H2,(H,23,25). The van der Waals surface area contributed by atoms with Crippen molar-refractivity contribution in [2.75, 3.05) is 26.2 Å². The number of nitrogens with one attached hydrogen (secondary N) is 2. The molecule has 0 amide bonds. The zero-order valence-corrected chi connectivity index (χ0v) is 16.4. The largest absolute Gasteiger partial charge is 0.321 e. The van der Waals surface area contributed by atoms with Crippen molar-refractivity contribution < 1.29 is 8.42 Å². The van der Waals surface area contributed by atoms with E-state index in [1.807, 2.05) is 12.1 Å². The summed E-state index contributed by atoms with van der Waals surface area (Å²) in [4.78, 5) is 17.9. The van der Waals surface area contributed by atoms with Crippen molar-refractivity contribution >= 4 is 31.7 Å². The quantitative estimate of drug-likeness (QED) is 0.507. The number of sulfonamides is 1. The second kappa shape index (κ2) is 6.69. The van der Waals surface area contributed by atoms with E-state index in [9.17, 15) is 13.2 Å². The topological polar surface area (TPSA) is 82.3 Å².